The summed E-state index contributed by atoms with van der Waals surface area (Å²) >= 11 is 0. The van der Waals surface area contributed by atoms with Gasteiger partial charge >= 0.3 is 0 Å². The first-order chi connectivity index (χ1) is 10.2. The van der Waals surface area contributed by atoms with E-state index in [9.17, 15) is 0 Å². The predicted molar refractivity (Wildman–Crippen MR) is 84.3 cm³/mol. The lowest BCUT2D eigenvalue weighted by molar-refractivity contribution is 0.0963. The number of piperazine rings is 1. The Morgan fingerprint density at radius 3 is 2.57 bits per heavy atom. The highest BCUT2D eigenvalue weighted by Crippen LogP contribution is 2.20. The van der Waals surface area contributed by atoms with Crippen LogP contribution >= 0.6 is 0 Å². The van der Waals surface area contributed by atoms with Crippen molar-refractivity contribution in [3.8, 4) is 11.8 Å². The van der Waals surface area contributed by atoms with Crippen LogP contribution in [-0.4, -0.2) is 49.1 Å². The zero-order valence-corrected chi connectivity index (χ0v) is 13.3. The lowest BCUT2D eigenvalue weighted by Crippen LogP contribution is -2.48. The van der Waals surface area contributed by atoms with E-state index in [1.807, 2.05) is 12.1 Å². The van der Waals surface area contributed by atoms with Gasteiger partial charge in [0.25, 0.3) is 0 Å². The summed E-state index contributed by atoms with van der Waals surface area (Å²) in [6, 6.07) is 8.77. The minimum atomic E-state index is 0.619. The van der Waals surface area contributed by atoms with Crippen LogP contribution < -0.4 is 4.74 Å². The van der Waals surface area contributed by atoms with Gasteiger partial charge in [0.1, 0.15) is 11.8 Å². The highest BCUT2D eigenvalue weighted by molar-refractivity contribution is 5.45. The maximum Gasteiger partial charge on any atom is 0.136 e. The Balaban J connectivity index is 1.93. The van der Waals surface area contributed by atoms with Crippen LogP contribution in [0, 0.1) is 11.3 Å². The Morgan fingerprint density at radius 2 is 2.00 bits per heavy atom. The number of benzene rings is 1. The van der Waals surface area contributed by atoms with Gasteiger partial charge in [-0.2, -0.15) is 5.26 Å². The van der Waals surface area contributed by atoms with Crippen LogP contribution in [0.15, 0.2) is 18.2 Å². The fraction of sp³-hybridized carbons (Fsp3) is 0.588. The molecule has 0 saturated carbocycles. The van der Waals surface area contributed by atoms with Gasteiger partial charge in [-0.15, -0.1) is 0 Å². The summed E-state index contributed by atoms with van der Waals surface area (Å²) in [7, 11) is 1.60. The number of ether oxygens (including phenoxy) is 1. The van der Waals surface area contributed by atoms with Crippen LogP contribution in [0.3, 0.4) is 0 Å². The molecule has 1 aliphatic heterocycles. The van der Waals surface area contributed by atoms with Crippen molar-refractivity contribution in [2.75, 3.05) is 33.3 Å². The molecule has 1 fully saturated rings. The molecule has 1 heterocycles. The van der Waals surface area contributed by atoms with Gasteiger partial charge in [-0.05, 0) is 31.0 Å². The van der Waals surface area contributed by atoms with Gasteiger partial charge in [-0.25, -0.2) is 0 Å². The maximum atomic E-state index is 9.15. The van der Waals surface area contributed by atoms with E-state index >= 15 is 0 Å². The van der Waals surface area contributed by atoms with Crippen LogP contribution in [0.1, 0.15) is 31.4 Å². The third-order valence-electron chi connectivity index (χ3n) is 4.41. The SMILES string of the molecule is CCC(C)N1CCN(Cc2ccc(OC)c(C#N)c2)CC1. The molecule has 0 radical (unpaired) electrons. The molecule has 0 spiro atoms. The van der Waals surface area contributed by atoms with Crippen molar-refractivity contribution in [2.24, 2.45) is 0 Å². The average molecular weight is 287 g/mol. The molecule has 0 aliphatic carbocycles. The molecule has 4 nitrogen and oxygen atoms in total. The average Bonchev–Trinajstić information content (AvgIpc) is 2.54. The summed E-state index contributed by atoms with van der Waals surface area (Å²) in [6.45, 7) is 9.92. The van der Waals surface area contributed by atoms with Crippen LogP contribution in [0.25, 0.3) is 0 Å². The van der Waals surface area contributed by atoms with Crippen molar-refractivity contribution in [3.05, 3.63) is 29.3 Å². The number of nitriles is 1. The summed E-state index contributed by atoms with van der Waals surface area (Å²) in [5.41, 5.74) is 1.80. The third kappa shape index (κ3) is 3.96. The summed E-state index contributed by atoms with van der Waals surface area (Å²) in [5.74, 6) is 0.655. The Bertz CT molecular complexity index is 501. The first-order valence-corrected chi connectivity index (χ1v) is 7.71. The second-order valence-corrected chi connectivity index (χ2v) is 5.72. The number of nitrogens with zero attached hydrogens (tertiary/aromatic N) is 3. The molecular weight excluding hydrogens is 262 g/mol. The molecule has 0 amide bonds. The number of rotatable bonds is 5. The molecule has 114 valence electrons. The summed E-state index contributed by atoms with van der Waals surface area (Å²) in [4.78, 5) is 5.02. The number of hydrogen-bond acceptors (Lipinski definition) is 4. The molecule has 21 heavy (non-hydrogen) atoms. The van der Waals surface area contributed by atoms with E-state index in [-0.39, 0.29) is 0 Å². The molecule has 1 atom stereocenters. The van der Waals surface area contributed by atoms with Gasteiger partial charge in [0.15, 0.2) is 0 Å². The first-order valence-electron chi connectivity index (χ1n) is 7.71. The van der Waals surface area contributed by atoms with Crippen molar-refractivity contribution >= 4 is 0 Å². The fourth-order valence-corrected chi connectivity index (χ4v) is 2.82. The number of hydrogen-bond donors (Lipinski definition) is 0. The highest BCUT2D eigenvalue weighted by Gasteiger charge is 2.20. The Morgan fingerprint density at radius 1 is 1.29 bits per heavy atom. The van der Waals surface area contributed by atoms with Gasteiger partial charge in [-0.3, -0.25) is 9.80 Å². The van der Waals surface area contributed by atoms with Crippen molar-refractivity contribution in [1.82, 2.24) is 9.80 Å². The first kappa shape index (κ1) is 15.8. The van der Waals surface area contributed by atoms with Gasteiger partial charge < -0.3 is 4.74 Å². The van der Waals surface area contributed by atoms with Gasteiger partial charge in [0, 0.05) is 38.8 Å². The van der Waals surface area contributed by atoms with Crippen LogP contribution in [0.5, 0.6) is 5.75 Å². The minimum Gasteiger partial charge on any atom is -0.495 e. The number of methoxy groups -OCH3 is 1. The molecule has 1 aromatic rings. The molecule has 1 aromatic carbocycles. The quantitative estimate of drug-likeness (QED) is 0.834. The molecule has 0 N–H and O–H groups in total. The van der Waals surface area contributed by atoms with Crippen molar-refractivity contribution in [3.63, 3.8) is 0 Å². The smallest absolute Gasteiger partial charge is 0.136 e. The minimum absolute atomic E-state index is 0.619. The van der Waals surface area contributed by atoms with Crippen LogP contribution in [0.2, 0.25) is 0 Å². The normalized spacial score (nSPS) is 18.2. The molecule has 1 aliphatic rings. The van der Waals surface area contributed by atoms with Crippen molar-refractivity contribution in [2.45, 2.75) is 32.9 Å². The second kappa shape index (κ2) is 7.44. The van der Waals surface area contributed by atoms with Crippen LogP contribution in [-0.2, 0) is 6.54 Å². The van der Waals surface area contributed by atoms with Crippen molar-refractivity contribution in [1.29, 1.82) is 5.26 Å². The van der Waals surface area contributed by atoms with Crippen LogP contribution in [0.4, 0.5) is 0 Å². The molecule has 4 heteroatoms. The molecular formula is C17H25N3O. The van der Waals surface area contributed by atoms with E-state index in [1.165, 1.54) is 12.0 Å². The molecule has 1 unspecified atom stereocenters. The largest absolute Gasteiger partial charge is 0.495 e. The van der Waals surface area contributed by atoms with E-state index in [1.54, 1.807) is 7.11 Å². The van der Waals surface area contributed by atoms with E-state index in [0.717, 1.165) is 32.7 Å². The van der Waals surface area contributed by atoms with E-state index in [0.29, 0.717) is 17.4 Å². The third-order valence-corrected chi connectivity index (χ3v) is 4.41. The maximum absolute atomic E-state index is 9.15. The molecule has 2 rings (SSSR count). The summed E-state index contributed by atoms with van der Waals surface area (Å²) < 4.78 is 5.19. The molecule has 0 bridgehead atoms. The van der Waals surface area contributed by atoms with Gasteiger partial charge in [0.05, 0.1) is 12.7 Å². The topological polar surface area (TPSA) is 39.5 Å². The standard InChI is InChI=1S/C17H25N3O/c1-4-14(2)20-9-7-19(8-10-20)13-15-5-6-17(21-3)16(11-15)12-18/h5-6,11,14H,4,7-10,13H2,1-3H3. The Kier molecular flexibility index (Phi) is 5.60. The monoisotopic (exact) mass is 287 g/mol. The zero-order chi connectivity index (χ0) is 15.2. The lowest BCUT2D eigenvalue weighted by atomic mass is 10.1. The Hall–Kier alpha value is -1.57. The summed E-state index contributed by atoms with van der Waals surface area (Å²) in [5, 5.41) is 9.15. The fourth-order valence-electron chi connectivity index (χ4n) is 2.82. The van der Waals surface area contributed by atoms with E-state index in [4.69, 9.17) is 10.00 Å². The Labute approximate surface area is 127 Å². The zero-order valence-electron chi connectivity index (χ0n) is 13.3. The van der Waals surface area contributed by atoms with Gasteiger partial charge in [0.2, 0.25) is 0 Å². The predicted octanol–water partition coefficient (Wildman–Crippen LogP) is 2.48. The van der Waals surface area contributed by atoms with Crippen molar-refractivity contribution < 1.29 is 4.74 Å². The molecule has 0 aromatic heterocycles. The second-order valence-electron chi connectivity index (χ2n) is 5.72. The van der Waals surface area contributed by atoms with Gasteiger partial charge in [-0.1, -0.05) is 13.0 Å². The summed E-state index contributed by atoms with van der Waals surface area (Å²) in [6.07, 6.45) is 1.21. The molecule has 1 saturated heterocycles. The van der Waals surface area contributed by atoms with E-state index < -0.39 is 0 Å². The highest BCUT2D eigenvalue weighted by atomic mass is 16.5. The lowest BCUT2D eigenvalue weighted by Gasteiger charge is -2.37. The van der Waals surface area contributed by atoms with E-state index in [2.05, 4.69) is 35.8 Å².